The summed E-state index contributed by atoms with van der Waals surface area (Å²) in [7, 11) is 0. The highest BCUT2D eigenvalue weighted by Gasteiger charge is 2.41. The fourth-order valence-corrected chi connectivity index (χ4v) is 4.71. The predicted octanol–water partition coefficient (Wildman–Crippen LogP) is 5.39. The number of benzene rings is 3. The van der Waals surface area contributed by atoms with Gasteiger partial charge in [-0.15, -0.1) is 0 Å². The van der Waals surface area contributed by atoms with Crippen LogP contribution in [0.25, 0.3) is 6.08 Å². The van der Waals surface area contributed by atoms with E-state index in [1.807, 2.05) is 54.6 Å². The average Bonchev–Trinajstić information content (AvgIpc) is 3.64. The molecular weight excluding hydrogens is 444 g/mol. The van der Waals surface area contributed by atoms with Crippen LogP contribution >= 0.6 is 11.8 Å². The first kappa shape index (κ1) is 23.9. The topological polar surface area (TPSA) is 88.8 Å². The van der Waals surface area contributed by atoms with Gasteiger partial charge in [-0.1, -0.05) is 60.7 Å². The molecule has 4 rings (SSSR count). The molecule has 0 radical (unpaired) electrons. The van der Waals surface area contributed by atoms with E-state index >= 15 is 0 Å². The standard InChI is InChI=1S/C28H28N2O3S/c29-17-23(27-28(33-27)30-18-21-10-5-2-6-11-21)14-22-15-24(26(32)25(31)16-22)19-34-13-7-12-20-8-3-1-4-9-20/h1-6,8-11,14-16,27-28,30-32H,7,12-13,18-19H2/b23-14+. The van der Waals surface area contributed by atoms with Crippen molar-refractivity contribution in [3.63, 3.8) is 0 Å². The van der Waals surface area contributed by atoms with Gasteiger partial charge >= 0.3 is 0 Å². The van der Waals surface area contributed by atoms with Gasteiger partial charge in [-0.25, -0.2) is 0 Å². The number of hydrogen-bond acceptors (Lipinski definition) is 6. The van der Waals surface area contributed by atoms with Gasteiger partial charge in [0.05, 0.1) is 11.6 Å². The van der Waals surface area contributed by atoms with Gasteiger partial charge in [0.15, 0.2) is 11.5 Å². The summed E-state index contributed by atoms with van der Waals surface area (Å²) in [6.45, 7) is 0.659. The number of hydrogen-bond donors (Lipinski definition) is 3. The molecule has 2 atom stereocenters. The summed E-state index contributed by atoms with van der Waals surface area (Å²) in [4.78, 5) is 0. The highest BCUT2D eigenvalue weighted by atomic mass is 32.2. The fraction of sp³-hybridized carbons (Fsp3) is 0.250. The summed E-state index contributed by atoms with van der Waals surface area (Å²) < 4.78 is 5.66. The molecule has 0 bridgehead atoms. The molecule has 1 heterocycles. The molecule has 0 saturated carbocycles. The molecule has 0 aliphatic carbocycles. The number of phenolic OH excluding ortho intramolecular Hbond substituents is 2. The van der Waals surface area contributed by atoms with Crippen molar-refractivity contribution in [2.24, 2.45) is 0 Å². The monoisotopic (exact) mass is 472 g/mol. The van der Waals surface area contributed by atoms with E-state index in [0.717, 1.165) is 24.2 Å². The minimum atomic E-state index is -0.319. The summed E-state index contributed by atoms with van der Waals surface area (Å²) in [5.74, 6) is 1.25. The Hall–Kier alpha value is -3.24. The number of aryl methyl sites for hydroxylation is 1. The first-order chi connectivity index (χ1) is 16.6. The molecule has 6 heteroatoms. The van der Waals surface area contributed by atoms with Gasteiger partial charge in [0, 0.05) is 17.9 Å². The van der Waals surface area contributed by atoms with E-state index < -0.39 is 0 Å². The number of nitrogens with zero attached hydrogens (tertiary/aromatic N) is 1. The Labute approximate surface area is 204 Å². The van der Waals surface area contributed by atoms with Gasteiger partial charge < -0.3 is 14.9 Å². The lowest BCUT2D eigenvalue weighted by atomic mass is 10.1. The van der Waals surface area contributed by atoms with Crippen LogP contribution in [-0.4, -0.2) is 28.3 Å². The third kappa shape index (κ3) is 6.64. The van der Waals surface area contributed by atoms with Crippen molar-refractivity contribution in [2.75, 3.05) is 5.75 Å². The predicted molar refractivity (Wildman–Crippen MR) is 136 cm³/mol. The Balaban J connectivity index is 1.32. The maximum absolute atomic E-state index is 10.3. The van der Waals surface area contributed by atoms with E-state index in [-0.39, 0.29) is 23.8 Å². The van der Waals surface area contributed by atoms with Crippen molar-refractivity contribution in [3.05, 3.63) is 101 Å². The molecule has 0 spiro atoms. The molecular formula is C28H28N2O3S. The minimum absolute atomic E-state index is 0.101. The van der Waals surface area contributed by atoms with Crippen LogP contribution in [0.5, 0.6) is 11.5 Å². The van der Waals surface area contributed by atoms with Crippen LogP contribution in [0.1, 0.15) is 28.7 Å². The zero-order chi connectivity index (χ0) is 23.8. The van der Waals surface area contributed by atoms with Crippen LogP contribution in [0.4, 0.5) is 0 Å². The molecule has 3 aromatic carbocycles. The van der Waals surface area contributed by atoms with Gasteiger partial charge in [0.1, 0.15) is 12.3 Å². The van der Waals surface area contributed by atoms with Crippen molar-refractivity contribution in [2.45, 2.75) is 37.5 Å². The van der Waals surface area contributed by atoms with E-state index in [9.17, 15) is 15.5 Å². The van der Waals surface area contributed by atoms with Gasteiger partial charge in [0.2, 0.25) is 0 Å². The molecule has 34 heavy (non-hydrogen) atoms. The third-order valence-corrected chi connectivity index (χ3v) is 6.74. The number of thioether (sulfide) groups is 1. The highest BCUT2D eigenvalue weighted by Crippen LogP contribution is 2.35. The van der Waals surface area contributed by atoms with Crippen LogP contribution in [0, 0.1) is 11.3 Å². The lowest BCUT2D eigenvalue weighted by Crippen LogP contribution is -2.19. The molecule has 5 nitrogen and oxygen atoms in total. The van der Waals surface area contributed by atoms with Gasteiger partial charge in [-0.2, -0.15) is 17.0 Å². The second-order valence-corrected chi connectivity index (χ2v) is 9.35. The summed E-state index contributed by atoms with van der Waals surface area (Å²) in [6, 6.07) is 25.9. The van der Waals surface area contributed by atoms with E-state index in [1.54, 1.807) is 17.8 Å². The van der Waals surface area contributed by atoms with Gasteiger partial charge in [-0.05, 0) is 53.5 Å². The van der Waals surface area contributed by atoms with Crippen molar-refractivity contribution < 1.29 is 14.9 Å². The molecule has 3 aromatic rings. The van der Waals surface area contributed by atoms with E-state index in [1.165, 1.54) is 11.6 Å². The van der Waals surface area contributed by atoms with Crippen LogP contribution in [0.2, 0.25) is 0 Å². The van der Waals surface area contributed by atoms with Crippen molar-refractivity contribution in [3.8, 4) is 17.6 Å². The molecule has 2 unspecified atom stereocenters. The molecule has 1 aliphatic rings. The van der Waals surface area contributed by atoms with Gasteiger partial charge in [-0.3, -0.25) is 5.32 Å². The van der Waals surface area contributed by atoms with E-state index in [2.05, 4.69) is 23.5 Å². The Kier molecular flexibility index (Phi) is 8.26. The second kappa shape index (κ2) is 11.8. The fourth-order valence-electron chi connectivity index (χ4n) is 3.78. The Morgan fingerprint density at radius 1 is 1.03 bits per heavy atom. The molecule has 1 aliphatic heterocycles. The van der Waals surface area contributed by atoms with Crippen molar-refractivity contribution in [1.82, 2.24) is 5.32 Å². The van der Waals surface area contributed by atoms with Crippen molar-refractivity contribution in [1.29, 1.82) is 5.26 Å². The largest absolute Gasteiger partial charge is 0.504 e. The lowest BCUT2D eigenvalue weighted by molar-refractivity contribution is 0.354. The SMILES string of the molecule is N#C/C(=C\c1cc(O)c(O)c(CSCCCc2ccccc2)c1)C1OC1NCc1ccccc1. The first-order valence-electron chi connectivity index (χ1n) is 11.3. The van der Waals surface area contributed by atoms with Crippen LogP contribution < -0.4 is 5.32 Å². The Morgan fingerprint density at radius 3 is 2.44 bits per heavy atom. The number of ether oxygens (including phenoxy) is 1. The van der Waals surface area contributed by atoms with Crippen LogP contribution in [0.3, 0.4) is 0 Å². The smallest absolute Gasteiger partial charge is 0.161 e. The molecule has 0 amide bonds. The number of rotatable bonds is 11. The number of phenols is 2. The maximum atomic E-state index is 10.3. The molecule has 1 saturated heterocycles. The number of aromatic hydroxyl groups is 2. The molecule has 174 valence electrons. The maximum Gasteiger partial charge on any atom is 0.161 e. The Morgan fingerprint density at radius 2 is 1.74 bits per heavy atom. The zero-order valence-corrected chi connectivity index (χ0v) is 19.7. The first-order valence-corrected chi connectivity index (χ1v) is 12.5. The molecule has 0 aromatic heterocycles. The number of epoxide rings is 1. The molecule has 3 N–H and O–H groups in total. The zero-order valence-electron chi connectivity index (χ0n) is 18.9. The number of nitrogens with one attached hydrogen (secondary N) is 1. The number of nitriles is 1. The summed E-state index contributed by atoms with van der Waals surface area (Å²) in [6.07, 6.45) is 3.24. The summed E-state index contributed by atoms with van der Waals surface area (Å²) in [5.41, 5.74) is 4.28. The Bertz CT molecular complexity index is 1160. The molecule has 1 fully saturated rings. The third-order valence-electron chi connectivity index (χ3n) is 5.65. The minimum Gasteiger partial charge on any atom is -0.504 e. The normalized spacial score (nSPS) is 17.3. The second-order valence-electron chi connectivity index (χ2n) is 8.24. The lowest BCUT2D eigenvalue weighted by Gasteiger charge is -2.09. The quantitative estimate of drug-likeness (QED) is 0.150. The van der Waals surface area contributed by atoms with Crippen LogP contribution in [0.15, 0.2) is 78.4 Å². The average molecular weight is 473 g/mol. The van der Waals surface area contributed by atoms with Crippen molar-refractivity contribution >= 4 is 17.8 Å². The summed E-state index contributed by atoms with van der Waals surface area (Å²) >= 11 is 1.71. The summed E-state index contributed by atoms with van der Waals surface area (Å²) in [5, 5.41) is 33.5. The van der Waals surface area contributed by atoms with E-state index in [4.69, 9.17) is 4.74 Å². The highest BCUT2D eigenvalue weighted by molar-refractivity contribution is 7.98. The van der Waals surface area contributed by atoms with Gasteiger partial charge in [0.25, 0.3) is 0 Å². The van der Waals surface area contributed by atoms with E-state index in [0.29, 0.717) is 29.0 Å². The van der Waals surface area contributed by atoms with Crippen LogP contribution in [-0.2, 0) is 23.5 Å².